The van der Waals surface area contributed by atoms with E-state index in [9.17, 15) is 13.2 Å². The van der Waals surface area contributed by atoms with Crippen molar-refractivity contribution in [2.45, 2.75) is 23.9 Å². The summed E-state index contributed by atoms with van der Waals surface area (Å²) in [5.41, 5.74) is 2.87. The monoisotopic (exact) mass is 443 g/mol. The van der Waals surface area contributed by atoms with E-state index in [1.807, 2.05) is 49.4 Å². The van der Waals surface area contributed by atoms with Gasteiger partial charge >= 0.3 is 6.18 Å². The van der Waals surface area contributed by atoms with Crippen LogP contribution in [0.5, 0.6) is 0 Å². The molecule has 2 aromatic carbocycles. The molecule has 152 valence electrons. The largest absolute Gasteiger partial charge is 0.416 e. The number of hydrogen-bond acceptors (Lipinski definition) is 5. The summed E-state index contributed by atoms with van der Waals surface area (Å²) in [6.45, 7) is 1.95. The van der Waals surface area contributed by atoms with Gasteiger partial charge in [0.1, 0.15) is 15.7 Å². The van der Waals surface area contributed by atoms with Gasteiger partial charge in [-0.2, -0.15) is 13.2 Å². The lowest BCUT2D eigenvalue weighted by molar-refractivity contribution is -0.137. The van der Waals surface area contributed by atoms with E-state index in [-0.39, 0.29) is 0 Å². The number of nitrogens with zero attached hydrogens (tertiary/aromatic N) is 3. The van der Waals surface area contributed by atoms with Crippen molar-refractivity contribution in [2.24, 2.45) is 0 Å². The van der Waals surface area contributed by atoms with E-state index in [1.54, 1.807) is 11.3 Å². The van der Waals surface area contributed by atoms with Crippen LogP contribution in [0.1, 0.15) is 16.8 Å². The number of thioether (sulfide) groups is 1. The van der Waals surface area contributed by atoms with Crippen LogP contribution >= 0.6 is 23.1 Å². The van der Waals surface area contributed by atoms with Crippen LogP contribution in [0.3, 0.4) is 0 Å². The van der Waals surface area contributed by atoms with Gasteiger partial charge < -0.3 is 0 Å². The van der Waals surface area contributed by atoms with E-state index in [0.29, 0.717) is 10.8 Å². The summed E-state index contributed by atoms with van der Waals surface area (Å²) < 4.78 is 37.9. The molecule has 0 unspecified atom stereocenters. The summed E-state index contributed by atoms with van der Waals surface area (Å²) in [4.78, 5) is 5.62. The molecule has 3 nitrogen and oxygen atoms in total. The summed E-state index contributed by atoms with van der Waals surface area (Å²) in [6.07, 6.45) is -4.32. The van der Waals surface area contributed by atoms with Crippen LogP contribution < -0.4 is 0 Å². The van der Waals surface area contributed by atoms with E-state index >= 15 is 0 Å². The van der Waals surface area contributed by atoms with Gasteiger partial charge in [-0.05, 0) is 36.8 Å². The molecule has 0 spiro atoms. The van der Waals surface area contributed by atoms with Crippen molar-refractivity contribution < 1.29 is 13.2 Å². The fourth-order valence-electron chi connectivity index (χ4n) is 2.80. The molecule has 4 rings (SSSR count). The lowest BCUT2D eigenvalue weighted by Crippen LogP contribution is -2.04. The topological polar surface area (TPSA) is 38.7 Å². The van der Waals surface area contributed by atoms with Gasteiger partial charge in [-0.1, -0.05) is 54.2 Å². The van der Waals surface area contributed by atoms with Crippen LogP contribution in [-0.2, 0) is 11.9 Å². The van der Waals surface area contributed by atoms with Crippen LogP contribution in [0, 0.1) is 6.92 Å². The number of halogens is 3. The molecule has 0 atom stereocenters. The van der Waals surface area contributed by atoms with Crippen LogP contribution in [0.15, 0.2) is 71.8 Å². The molecular weight excluding hydrogens is 427 g/mol. The average Bonchev–Trinajstić information content (AvgIpc) is 3.14. The molecule has 0 aliphatic carbocycles. The molecule has 30 heavy (non-hydrogen) atoms. The van der Waals surface area contributed by atoms with Crippen molar-refractivity contribution in [1.82, 2.24) is 15.2 Å². The minimum Gasteiger partial charge on any atom is -0.241 e. The second kappa shape index (κ2) is 8.57. The highest BCUT2D eigenvalue weighted by molar-refractivity contribution is 7.98. The zero-order valence-electron chi connectivity index (χ0n) is 15.8. The highest BCUT2D eigenvalue weighted by atomic mass is 32.2. The molecule has 0 aliphatic rings. The molecule has 8 heteroatoms. The van der Waals surface area contributed by atoms with Crippen molar-refractivity contribution in [3.8, 4) is 21.1 Å². The van der Waals surface area contributed by atoms with Crippen molar-refractivity contribution in [3.05, 3.63) is 83.6 Å². The number of alkyl halides is 3. The number of aryl methyl sites for hydroxylation is 1. The van der Waals surface area contributed by atoms with Crippen molar-refractivity contribution in [2.75, 3.05) is 0 Å². The Balaban J connectivity index is 1.44. The Morgan fingerprint density at radius 1 is 0.900 bits per heavy atom. The van der Waals surface area contributed by atoms with Gasteiger partial charge in [-0.25, -0.2) is 4.98 Å². The van der Waals surface area contributed by atoms with Gasteiger partial charge in [0.15, 0.2) is 0 Å². The fourth-order valence-corrected chi connectivity index (χ4v) is 4.61. The molecule has 2 heterocycles. The Bertz CT molecular complexity index is 1120. The third-order valence-corrected chi connectivity index (χ3v) is 6.58. The Morgan fingerprint density at radius 2 is 1.63 bits per heavy atom. The van der Waals surface area contributed by atoms with Crippen molar-refractivity contribution in [1.29, 1.82) is 0 Å². The first-order valence-corrected chi connectivity index (χ1v) is 10.9. The fraction of sp³-hybridized carbons (Fsp3) is 0.136. The van der Waals surface area contributed by atoms with E-state index < -0.39 is 11.7 Å². The molecule has 2 aromatic heterocycles. The molecule has 4 aromatic rings. The van der Waals surface area contributed by atoms with Crippen molar-refractivity contribution >= 4 is 23.1 Å². The van der Waals surface area contributed by atoms with Crippen molar-refractivity contribution in [3.63, 3.8) is 0 Å². The predicted octanol–water partition coefficient (Wildman–Crippen LogP) is 6.89. The molecule has 0 saturated carbocycles. The van der Waals surface area contributed by atoms with Gasteiger partial charge in [0.2, 0.25) is 0 Å². The number of aromatic nitrogens is 3. The predicted molar refractivity (Wildman–Crippen MR) is 114 cm³/mol. The maximum absolute atomic E-state index is 12.6. The first-order valence-electron chi connectivity index (χ1n) is 9.06. The minimum absolute atomic E-state index is 0.518. The maximum Gasteiger partial charge on any atom is 0.416 e. The SMILES string of the molecule is Cc1nc(-c2ccccc2)sc1-c1ccc(SCc2ccc(C(F)(F)F)cc2)nn1. The molecule has 0 fully saturated rings. The summed E-state index contributed by atoms with van der Waals surface area (Å²) >= 11 is 3.00. The summed E-state index contributed by atoms with van der Waals surface area (Å²) in [5.74, 6) is 0.518. The molecule has 0 bridgehead atoms. The van der Waals surface area contributed by atoms with E-state index in [4.69, 9.17) is 0 Å². The molecule has 0 amide bonds. The van der Waals surface area contributed by atoms with Crippen LogP contribution in [0.4, 0.5) is 13.2 Å². The highest BCUT2D eigenvalue weighted by Gasteiger charge is 2.29. The van der Waals surface area contributed by atoms with Gasteiger partial charge in [-0.15, -0.1) is 21.5 Å². The van der Waals surface area contributed by atoms with E-state index in [0.717, 1.165) is 44.5 Å². The number of benzene rings is 2. The lowest BCUT2D eigenvalue weighted by Gasteiger charge is -2.07. The van der Waals surface area contributed by atoms with Gasteiger partial charge in [0.05, 0.1) is 16.1 Å². The Labute approximate surface area is 180 Å². The summed E-state index contributed by atoms with van der Waals surface area (Å²) in [5, 5.41) is 10.2. The third kappa shape index (κ3) is 4.71. The molecular formula is C22H16F3N3S2. The number of thiazole rings is 1. The Hall–Kier alpha value is -2.71. The smallest absolute Gasteiger partial charge is 0.241 e. The van der Waals surface area contributed by atoms with Gasteiger partial charge in [-0.3, -0.25) is 0 Å². The summed E-state index contributed by atoms with van der Waals surface area (Å²) in [6, 6.07) is 18.9. The standard InChI is InChI=1S/C22H16F3N3S2/c1-14-20(30-21(26-14)16-5-3-2-4-6-16)18-11-12-19(28-27-18)29-13-15-7-9-17(10-8-15)22(23,24)25/h2-12H,13H2,1H3. The molecule has 0 aliphatic heterocycles. The first-order chi connectivity index (χ1) is 14.4. The van der Waals surface area contributed by atoms with Crippen LogP contribution in [0.25, 0.3) is 21.1 Å². The highest BCUT2D eigenvalue weighted by Crippen LogP contribution is 2.34. The van der Waals surface area contributed by atoms with Gasteiger partial charge in [0.25, 0.3) is 0 Å². The third-order valence-electron chi connectivity index (χ3n) is 4.36. The van der Waals surface area contributed by atoms with Crippen LogP contribution in [0.2, 0.25) is 0 Å². The van der Waals surface area contributed by atoms with Crippen LogP contribution in [-0.4, -0.2) is 15.2 Å². The lowest BCUT2D eigenvalue weighted by atomic mass is 10.1. The Kier molecular flexibility index (Phi) is 5.87. The zero-order chi connectivity index (χ0) is 21.1. The molecule has 0 N–H and O–H groups in total. The molecule has 0 saturated heterocycles. The van der Waals surface area contributed by atoms with E-state index in [1.165, 1.54) is 23.9 Å². The second-order valence-corrected chi connectivity index (χ2v) is 8.53. The second-order valence-electron chi connectivity index (χ2n) is 6.54. The Morgan fingerprint density at radius 3 is 2.27 bits per heavy atom. The van der Waals surface area contributed by atoms with Gasteiger partial charge in [0, 0.05) is 11.3 Å². The first kappa shape index (κ1) is 20.6. The minimum atomic E-state index is -4.32. The number of hydrogen-bond donors (Lipinski definition) is 0. The number of rotatable bonds is 5. The zero-order valence-corrected chi connectivity index (χ0v) is 17.5. The average molecular weight is 444 g/mol. The molecule has 0 radical (unpaired) electrons. The summed E-state index contributed by atoms with van der Waals surface area (Å²) in [7, 11) is 0. The quantitative estimate of drug-likeness (QED) is 0.315. The van der Waals surface area contributed by atoms with E-state index in [2.05, 4.69) is 15.2 Å². The normalized spacial score (nSPS) is 11.6. The maximum atomic E-state index is 12.6.